The fourth-order valence-electron chi connectivity index (χ4n) is 3.30. The van der Waals surface area contributed by atoms with Crippen molar-refractivity contribution in [3.63, 3.8) is 0 Å². The van der Waals surface area contributed by atoms with Gasteiger partial charge in [-0.2, -0.15) is 0 Å². The number of carboxylic acids is 1. The van der Waals surface area contributed by atoms with Gasteiger partial charge in [0.15, 0.2) is 0 Å². The van der Waals surface area contributed by atoms with Gasteiger partial charge in [-0.15, -0.1) is 0 Å². The van der Waals surface area contributed by atoms with Gasteiger partial charge in [0.05, 0.1) is 5.92 Å². The molecular formula is C17H24O2. The Morgan fingerprint density at radius 1 is 1.32 bits per heavy atom. The average Bonchev–Trinajstić information content (AvgIpc) is 2.30. The summed E-state index contributed by atoms with van der Waals surface area (Å²) in [5.74, 6) is -0.522. The van der Waals surface area contributed by atoms with Crippen LogP contribution in [0, 0.1) is 24.2 Å². The van der Waals surface area contributed by atoms with E-state index in [1.807, 2.05) is 0 Å². The maximum atomic E-state index is 11.4. The van der Waals surface area contributed by atoms with Crippen LogP contribution in [0.2, 0.25) is 0 Å². The molecule has 1 saturated carbocycles. The molecule has 0 aliphatic heterocycles. The van der Waals surface area contributed by atoms with Crippen LogP contribution < -0.4 is 0 Å². The summed E-state index contributed by atoms with van der Waals surface area (Å²) in [7, 11) is 0. The van der Waals surface area contributed by atoms with Crippen molar-refractivity contribution in [1.29, 1.82) is 0 Å². The number of carboxylic acid groups (broad SMARTS) is 1. The first-order valence-corrected chi connectivity index (χ1v) is 7.16. The summed E-state index contributed by atoms with van der Waals surface area (Å²) in [6.07, 6.45) is 3.74. The SMILES string of the molecule is Cc1ccc(CC2CC(C)(C)CCC2C(=O)O)cc1. The molecule has 0 bridgehead atoms. The van der Waals surface area contributed by atoms with Crippen LogP contribution >= 0.6 is 0 Å². The van der Waals surface area contributed by atoms with Crippen molar-refractivity contribution in [2.75, 3.05) is 0 Å². The van der Waals surface area contributed by atoms with Crippen molar-refractivity contribution in [2.24, 2.45) is 17.3 Å². The van der Waals surface area contributed by atoms with E-state index < -0.39 is 5.97 Å². The number of aryl methyl sites for hydroxylation is 1. The summed E-state index contributed by atoms with van der Waals surface area (Å²) in [4.78, 5) is 11.4. The zero-order valence-corrected chi connectivity index (χ0v) is 12.1. The highest BCUT2D eigenvalue weighted by molar-refractivity contribution is 5.70. The lowest BCUT2D eigenvalue weighted by atomic mass is 9.65. The summed E-state index contributed by atoms with van der Waals surface area (Å²) in [5, 5.41) is 9.40. The number of rotatable bonds is 3. The summed E-state index contributed by atoms with van der Waals surface area (Å²) < 4.78 is 0. The van der Waals surface area contributed by atoms with Crippen LogP contribution in [-0.4, -0.2) is 11.1 Å². The summed E-state index contributed by atoms with van der Waals surface area (Å²) >= 11 is 0. The molecule has 2 unspecified atom stereocenters. The molecule has 0 saturated heterocycles. The molecule has 0 amide bonds. The molecular weight excluding hydrogens is 236 g/mol. The van der Waals surface area contributed by atoms with Gasteiger partial charge in [0.25, 0.3) is 0 Å². The molecule has 1 aliphatic rings. The minimum atomic E-state index is -0.618. The van der Waals surface area contributed by atoms with Gasteiger partial charge in [0.1, 0.15) is 0 Å². The first kappa shape index (κ1) is 14.1. The Labute approximate surface area is 115 Å². The van der Waals surface area contributed by atoms with E-state index in [-0.39, 0.29) is 17.3 Å². The van der Waals surface area contributed by atoms with Gasteiger partial charge >= 0.3 is 5.97 Å². The van der Waals surface area contributed by atoms with Crippen LogP contribution in [0.4, 0.5) is 0 Å². The van der Waals surface area contributed by atoms with E-state index in [1.54, 1.807) is 0 Å². The van der Waals surface area contributed by atoms with E-state index in [0.29, 0.717) is 0 Å². The fourth-order valence-corrected chi connectivity index (χ4v) is 3.30. The van der Waals surface area contributed by atoms with Crippen molar-refractivity contribution < 1.29 is 9.90 Å². The van der Waals surface area contributed by atoms with Crippen molar-refractivity contribution in [3.05, 3.63) is 35.4 Å². The van der Waals surface area contributed by atoms with Crippen LogP contribution in [-0.2, 0) is 11.2 Å². The van der Waals surface area contributed by atoms with E-state index in [9.17, 15) is 9.90 Å². The third kappa shape index (κ3) is 3.59. The molecule has 2 atom stereocenters. The van der Waals surface area contributed by atoms with Crippen LogP contribution in [0.5, 0.6) is 0 Å². The molecule has 1 aromatic rings. The molecule has 1 aliphatic carbocycles. The second kappa shape index (κ2) is 5.36. The Kier molecular flexibility index (Phi) is 3.98. The van der Waals surface area contributed by atoms with Crippen LogP contribution in [0.3, 0.4) is 0 Å². The Bertz CT molecular complexity index is 445. The van der Waals surface area contributed by atoms with Gasteiger partial charge in [-0.3, -0.25) is 4.79 Å². The third-order valence-corrected chi connectivity index (χ3v) is 4.45. The number of carbonyl (C=O) groups is 1. The molecule has 2 heteroatoms. The van der Waals surface area contributed by atoms with E-state index in [4.69, 9.17) is 0 Å². The van der Waals surface area contributed by atoms with Crippen LogP contribution in [0.25, 0.3) is 0 Å². The summed E-state index contributed by atoms with van der Waals surface area (Å²) in [5.41, 5.74) is 2.79. The summed E-state index contributed by atoms with van der Waals surface area (Å²) in [6, 6.07) is 8.49. The number of aliphatic carboxylic acids is 1. The normalized spacial score (nSPS) is 26.1. The molecule has 0 aromatic heterocycles. The molecule has 0 radical (unpaired) electrons. The maximum Gasteiger partial charge on any atom is 0.306 e. The highest BCUT2D eigenvalue weighted by Crippen LogP contribution is 2.43. The minimum Gasteiger partial charge on any atom is -0.481 e. The highest BCUT2D eigenvalue weighted by Gasteiger charge is 2.38. The molecule has 0 spiro atoms. The fraction of sp³-hybridized carbons (Fsp3) is 0.588. The van der Waals surface area contributed by atoms with Crippen molar-refractivity contribution in [2.45, 2.75) is 46.5 Å². The van der Waals surface area contributed by atoms with E-state index in [1.165, 1.54) is 11.1 Å². The molecule has 1 aromatic carbocycles. The molecule has 19 heavy (non-hydrogen) atoms. The van der Waals surface area contributed by atoms with E-state index in [0.717, 1.165) is 25.7 Å². The largest absolute Gasteiger partial charge is 0.481 e. The zero-order chi connectivity index (χ0) is 14.0. The average molecular weight is 260 g/mol. The molecule has 2 nitrogen and oxygen atoms in total. The maximum absolute atomic E-state index is 11.4. The first-order chi connectivity index (χ1) is 8.87. The monoisotopic (exact) mass is 260 g/mol. The van der Waals surface area contributed by atoms with Crippen molar-refractivity contribution in [3.8, 4) is 0 Å². The van der Waals surface area contributed by atoms with E-state index >= 15 is 0 Å². The van der Waals surface area contributed by atoms with E-state index in [2.05, 4.69) is 45.0 Å². The lowest BCUT2D eigenvalue weighted by Crippen LogP contribution is -2.35. The first-order valence-electron chi connectivity index (χ1n) is 7.16. The zero-order valence-electron chi connectivity index (χ0n) is 12.1. The van der Waals surface area contributed by atoms with Crippen molar-refractivity contribution >= 4 is 5.97 Å². The molecule has 1 N–H and O–H groups in total. The van der Waals surface area contributed by atoms with Gasteiger partial charge in [0, 0.05) is 0 Å². The van der Waals surface area contributed by atoms with Gasteiger partial charge in [0.2, 0.25) is 0 Å². The van der Waals surface area contributed by atoms with Crippen molar-refractivity contribution in [1.82, 2.24) is 0 Å². The number of hydrogen-bond donors (Lipinski definition) is 1. The second-order valence-corrected chi connectivity index (χ2v) is 6.80. The van der Waals surface area contributed by atoms with Gasteiger partial charge in [-0.25, -0.2) is 0 Å². The quantitative estimate of drug-likeness (QED) is 0.889. The smallest absolute Gasteiger partial charge is 0.306 e. The molecule has 104 valence electrons. The second-order valence-electron chi connectivity index (χ2n) is 6.80. The molecule has 2 rings (SSSR count). The Hall–Kier alpha value is -1.31. The van der Waals surface area contributed by atoms with Gasteiger partial charge < -0.3 is 5.11 Å². The predicted octanol–water partition coefficient (Wildman–Crippen LogP) is 4.06. The Balaban J connectivity index is 2.13. The molecule has 1 fully saturated rings. The van der Waals surface area contributed by atoms with Crippen LogP contribution in [0.15, 0.2) is 24.3 Å². The standard InChI is InChI=1S/C17H24O2/c1-12-4-6-13(7-5-12)10-14-11-17(2,3)9-8-15(14)16(18)19/h4-7,14-15H,8-11H2,1-3H3,(H,18,19). The molecule has 0 heterocycles. The minimum absolute atomic E-state index is 0.172. The third-order valence-electron chi connectivity index (χ3n) is 4.45. The Morgan fingerprint density at radius 2 is 1.95 bits per heavy atom. The Morgan fingerprint density at radius 3 is 2.53 bits per heavy atom. The van der Waals surface area contributed by atoms with Gasteiger partial charge in [-0.05, 0) is 49.5 Å². The summed E-state index contributed by atoms with van der Waals surface area (Å²) in [6.45, 7) is 6.59. The number of hydrogen-bond acceptors (Lipinski definition) is 1. The predicted molar refractivity (Wildman–Crippen MR) is 77.1 cm³/mol. The highest BCUT2D eigenvalue weighted by atomic mass is 16.4. The number of benzene rings is 1. The topological polar surface area (TPSA) is 37.3 Å². The van der Waals surface area contributed by atoms with Gasteiger partial charge in [-0.1, -0.05) is 43.7 Å². The lowest BCUT2D eigenvalue weighted by Gasteiger charge is -2.39. The lowest BCUT2D eigenvalue weighted by molar-refractivity contribution is -0.146. The van der Waals surface area contributed by atoms with Crippen LogP contribution in [0.1, 0.15) is 44.2 Å².